The van der Waals surface area contributed by atoms with Crippen molar-refractivity contribution in [2.24, 2.45) is 5.92 Å². The molecule has 2 aliphatic rings. The first-order valence-corrected chi connectivity index (χ1v) is 12.0. The highest BCUT2D eigenvalue weighted by Gasteiger charge is 2.37. The lowest BCUT2D eigenvalue weighted by atomic mass is 10.0. The van der Waals surface area contributed by atoms with Crippen LogP contribution in [0.3, 0.4) is 0 Å². The number of ether oxygens (including phenoxy) is 1. The van der Waals surface area contributed by atoms with Crippen molar-refractivity contribution in [1.82, 2.24) is 9.62 Å². The summed E-state index contributed by atoms with van der Waals surface area (Å²) in [7, 11) is -2.03. The van der Waals surface area contributed by atoms with Crippen LogP contribution in [0.15, 0.2) is 23.1 Å². The minimum atomic E-state index is -3.85. The molecule has 0 aromatic heterocycles. The van der Waals surface area contributed by atoms with Crippen LogP contribution in [0, 0.1) is 17.8 Å². The van der Waals surface area contributed by atoms with Gasteiger partial charge in [-0.05, 0) is 57.9 Å². The summed E-state index contributed by atoms with van der Waals surface area (Å²) in [6.45, 7) is 4.18. The van der Waals surface area contributed by atoms with Gasteiger partial charge >= 0.3 is 0 Å². The summed E-state index contributed by atoms with van der Waals surface area (Å²) in [5, 5.41) is 23.2. The predicted molar refractivity (Wildman–Crippen MR) is 115 cm³/mol. The molecule has 3 N–H and O–H groups in total. The van der Waals surface area contributed by atoms with Gasteiger partial charge < -0.3 is 20.3 Å². The highest BCUT2D eigenvalue weighted by Crippen LogP contribution is 2.34. The molecule has 1 aliphatic heterocycles. The van der Waals surface area contributed by atoms with Crippen molar-refractivity contribution in [3.8, 4) is 17.6 Å². The molecule has 1 aromatic carbocycles. The summed E-state index contributed by atoms with van der Waals surface area (Å²) in [6, 6.07) is 4.25. The van der Waals surface area contributed by atoms with Crippen LogP contribution in [0.2, 0.25) is 0 Å². The van der Waals surface area contributed by atoms with Crippen LogP contribution in [-0.4, -0.2) is 67.4 Å². The van der Waals surface area contributed by atoms with Crippen LogP contribution in [0.4, 0.5) is 0 Å². The van der Waals surface area contributed by atoms with Gasteiger partial charge in [0.2, 0.25) is 10.0 Å². The second-order valence-electron chi connectivity index (χ2n) is 8.45. The van der Waals surface area contributed by atoms with Crippen molar-refractivity contribution in [2.45, 2.75) is 62.2 Å². The SMILES string of the molecule is CNC[C@H]1Oc2cc(C#CC3(O)CCCC3)ccc2S(=O)(=O)N([C@H](C)CO)C[C@@H]1C. The zero-order valence-electron chi connectivity index (χ0n) is 17.9. The predicted octanol–water partition coefficient (Wildman–Crippen LogP) is 1.33. The smallest absolute Gasteiger partial charge is 0.247 e. The standard InChI is InChI=1S/C22H32N2O5S/c1-16-14-24(17(2)15-25)30(27,28)21-7-6-18(8-11-22(26)9-4-5-10-22)12-19(21)29-20(16)13-23-3/h6-7,12,16-17,20,23,25-26H,4-5,9-10,13-15H2,1-3H3/t16-,17+,20+/m0/s1. The molecule has 7 nitrogen and oxygen atoms in total. The summed E-state index contributed by atoms with van der Waals surface area (Å²) in [6.07, 6.45) is 2.98. The average molecular weight is 437 g/mol. The van der Waals surface area contributed by atoms with E-state index in [9.17, 15) is 18.6 Å². The van der Waals surface area contributed by atoms with Gasteiger partial charge in [0.25, 0.3) is 0 Å². The molecule has 0 amide bonds. The van der Waals surface area contributed by atoms with Gasteiger partial charge in [-0.1, -0.05) is 18.8 Å². The lowest BCUT2D eigenvalue weighted by Crippen LogP contribution is -2.49. The van der Waals surface area contributed by atoms with Crippen LogP contribution < -0.4 is 10.1 Å². The lowest BCUT2D eigenvalue weighted by molar-refractivity contribution is 0.103. The van der Waals surface area contributed by atoms with Crippen molar-refractivity contribution < 1.29 is 23.4 Å². The number of hydrogen-bond acceptors (Lipinski definition) is 6. The van der Waals surface area contributed by atoms with E-state index in [0.717, 1.165) is 12.8 Å². The van der Waals surface area contributed by atoms with Crippen LogP contribution in [0.25, 0.3) is 0 Å². The molecule has 1 aromatic rings. The molecule has 8 heteroatoms. The summed E-state index contributed by atoms with van der Waals surface area (Å²) >= 11 is 0. The average Bonchev–Trinajstić information content (AvgIpc) is 3.15. The third-order valence-corrected chi connectivity index (χ3v) is 7.96. The van der Waals surface area contributed by atoms with E-state index in [0.29, 0.717) is 24.9 Å². The summed E-state index contributed by atoms with van der Waals surface area (Å²) in [4.78, 5) is 0.0703. The second-order valence-corrected chi connectivity index (χ2v) is 10.3. The number of hydrogen-bond donors (Lipinski definition) is 3. The Labute approximate surface area is 179 Å². The third-order valence-electron chi connectivity index (χ3n) is 5.94. The summed E-state index contributed by atoms with van der Waals surface area (Å²) in [5.41, 5.74) is -0.365. The van der Waals surface area contributed by atoms with E-state index < -0.39 is 21.7 Å². The molecule has 1 aliphatic carbocycles. The number of likely N-dealkylation sites (N-methyl/N-ethyl adjacent to an activating group) is 1. The van der Waals surface area contributed by atoms with Gasteiger partial charge in [-0.25, -0.2) is 8.42 Å². The first-order valence-electron chi connectivity index (χ1n) is 10.5. The summed E-state index contributed by atoms with van der Waals surface area (Å²) < 4.78 is 34.2. The molecular weight excluding hydrogens is 404 g/mol. The molecular formula is C22H32N2O5S. The Hall–Kier alpha value is -1.63. The Bertz CT molecular complexity index is 915. The Balaban J connectivity index is 2.05. The maximum absolute atomic E-state index is 13.4. The van der Waals surface area contributed by atoms with Gasteiger partial charge in [-0.3, -0.25) is 0 Å². The van der Waals surface area contributed by atoms with Gasteiger partial charge in [-0.15, -0.1) is 0 Å². The van der Waals surface area contributed by atoms with Gasteiger partial charge in [0.05, 0.1) is 6.61 Å². The molecule has 0 unspecified atom stereocenters. The Kier molecular flexibility index (Phi) is 7.10. The van der Waals surface area contributed by atoms with E-state index in [1.165, 1.54) is 10.4 Å². The first-order chi connectivity index (χ1) is 14.2. The molecule has 0 bridgehead atoms. The van der Waals surface area contributed by atoms with Crippen LogP contribution >= 0.6 is 0 Å². The lowest BCUT2D eigenvalue weighted by Gasteiger charge is -2.36. The quantitative estimate of drug-likeness (QED) is 0.616. The molecule has 1 heterocycles. The number of fused-ring (bicyclic) bond motifs is 1. The molecule has 0 spiro atoms. The van der Waals surface area contributed by atoms with Crippen molar-refractivity contribution >= 4 is 10.0 Å². The number of aliphatic hydroxyl groups is 2. The zero-order valence-corrected chi connectivity index (χ0v) is 18.7. The Morgan fingerprint density at radius 2 is 2.07 bits per heavy atom. The van der Waals surface area contributed by atoms with Crippen molar-refractivity contribution in [2.75, 3.05) is 26.7 Å². The van der Waals surface area contributed by atoms with Gasteiger partial charge in [0.15, 0.2) is 0 Å². The highest BCUT2D eigenvalue weighted by molar-refractivity contribution is 7.89. The minimum Gasteiger partial charge on any atom is -0.487 e. The maximum Gasteiger partial charge on any atom is 0.247 e. The number of nitrogens with one attached hydrogen (secondary N) is 1. The van der Waals surface area contributed by atoms with Gasteiger partial charge in [-0.2, -0.15) is 4.31 Å². The van der Waals surface area contributed by atoms with Crippen molar-refractivity contribution in [1.29, 1.82) is 0 Å². The van der Waals surface area contributed by atoms with Crippen molar-refractivity contribution in [3.63, 3.8) is 0 Å². The zero-order chi connectivity index (χ0) is 21.9. The molecule has 0 saturated heterocycles. The largest absolute Gasteiger partial charge is 0.487 e. The van der Waals surface area contributed by atoms with E-state index in [1.54, 1.807) is 19.1 Å². The highest BCUT2D eigenvalue weighted by atomic mass is 32.2. The second kappa shape index (κ2) is 9.25. The number of sulfonamides is 1. The molecule has 1 fully saturated rings. The molecule has 0 radical (unpaired) electrons. The Morgan fingerprint density at radius 1 is 1.37 bits per heavy atom. The van der Waals surface area contributed by atoms with Crippen LogP contribution in [0.5, 0.6) is 5.75 Å². The first kappa shape index (κ1) is 23.0. The molecule has 3 rings (SSSR count). The fourth-order valence-corrected chi connectivity index (χ4v) is 5.85. The number of nitrogens with zero attached hydrogens (tertiary/aromatic N) is 1. The molecule has 30 heavy (non-hydrogen) atoms. The fraction of sp³-hybridized carbons (Fsp3) is 0.636. The molecule has 166 valence electrons. The Morgan fingerprint density at radius 3 is 2.70 bits per heavy atom. The number of rotatable bonds is 4. The third kappa shape index (κ3) is 4.82. The van der Waals surface area contributed by atoms with E-state index in [-0.39, 0.29) is 35.8 Å². The number of benzene rings is 1. The van der Waals surface area contributed by atoms with E-state index >= 15 is 0 Å². The normalized spacial score (nSPS) is 26.4. The molecule has 3 atom stereocenters. The fourth-order valence-electron chi connectivity index (χ4n) is 4.02. The van der Waals surface area contributed by atoms with Crippen LogP contribution in [-0.2, 0) is 10.0 Å². The monoisotopic (exact) mass is 436 g/mol. The van der Waals surface area contributed by atoms with Crippen LogP contribution in [0.1, 0.15) is 45.1 Å². The number of aliphatic hydroxyl groups excluding tert-OH is 1. The van der Waals surface area contributed by atoms with Gasteiger partial charge in [0, 0.05) is 30.6 Å². The molecule has 1 saturated carbocycles. The van der Waals surface area contributed by atoms with E-state index in [2.05, 4.69) is 17.2 Å². The van der Waals surface area contributed by atoms with Crippen molar-refractivity contribution in [3.05, 3.63) is 23.8 Å². The topological polar surface area (TPSA) is 99.1 Å². The minimum absolute atomic E-state index is 0.0703. The maximum atomic E-state index is 13.4. The van der Waals surface area contributed by atoms with E-state index in [1.807, 2.05) is 14.0 Å². The van der Waals surface area contributed by atoms with E-state index in [4.69, 9.17) is 4.74 Å². The summed E-state index contributed by atoms with van der Waals surface area (Å²) in [5.74, 6) is 6.11. The van der Waals surface area contributed by atoms with Gasteiger partial charge in [0.1, 0.15) is 22.4 Å².